The smallest absolute Gasteiger partial charge is 0.137 e. The van der Waals surface area contributed by atoms with E-state index in [1.54, 1.807) is 0 Å². The molecule has 0 N–H and O–H groups in total. The summed E-state index contributed by atoms with van der Waals surface area (Å²) in [5.41, 5.74) is 16.4. The zero-order valence-corrected chi connectivity index (χ0v) is 45.1. The molecular weight excluding hydrogens is 877 g/mol. The van der Waals surface area contributed by atoms with Crippen molar-refractivity contribution in [1.29, 1.82) is 0 Å². The Bertz CT molecular complexity index is 3450. The highest BCUT2D eigenvalue weighted by atomic mass is 16.5. The highest BCUT2D eigenvalue weighted by molar-refractivity contribution is 6.10. The van der Waals surface area contributed by atoms with Gasteiger partial charge in [0.25, 0.3) is 0 Å². The lowest BCUT2D eigenvalue weighted by Crippen LogP contribution is -2.26. The molecule has 0 fully saturated rings. The molecule has 366 valence electrons. The largest absolute Gasteiger partial charge is 0.457 e. The molecule has 0 unspecified atom stereocenters. The number of aromatic nitrogens is 2. The van der Waals surface area contributed by atoms with Crippen molar-refractivity contribution in [1.82, 2.24) is 9.55 Å². The fraction of sp³-hybridized carbons (Fsp3) is 0.299. The number of ether oxygens (including phenoxy) is 1. The quantitative estimate of drug-likeness (QED) is 0.152. The Labute approximate surface area is 429 Å². The number of fused-ring (bicyclic) bond motifs is 4. The van der Waals surface area contributed by atoms with E-state index in [9.17, 15) is 0 Å². The third-order valence-electron chi connectivity index (χ3n) is 15.0. The van der Waals surface area contributed by atoms with Crippen LogP contribution >= 0.6 is 0 Å². The van der Waals surface area contributed by atoms with Crippen LogP contribution in [0.25, 0.3) is 38.8 Å². The average molecular weight is 949 g/mol. The van der Waals surface area contributed by atoms with Crippen molar-refractivity contribution >= 4 is 44.6 Å². The normalized spacial score (nSPS) is 13.6. The van der Waals surface area contributed by atoms with Crippen LogP contribution < -0.4 is 14.5 Å². The number of pyridine rings is 1. The molecular formula is C67H72N4O. The first-order valence-corrected chi connectivity index (χ1v) is 25.8. The molecule has 2 aromatic heterocycles. The summed E-state index contributed by atoms with van der Waals surface area (Å²) in [5, 5.41) is 2.32. The van der Waals surface area contributed by atoms with Gasteiger partial charge >= 0.3 is 0 Å². The summed E-state index contributed by atoms with van der Waals surface area (Å²) in [6.45, 7) is 32.9. The van der Waals surface area contributed by atoms with Gasteiger partial charge in [-0.25, -0.2) is 4.98 Å². The van der Waals surface area contributed by atoms with Crippen LogP contribution in [0.4, 0.5) is 22.7 Å². The fourth-order valence-corrected chi connectivity index (χ4v) is 10.2. The van der Waals surface area contributed by atoms with Crippen molar-refractivity contribution in [3.05, 3.63) is 203 Å². The maximum Gasteiger partial charge on any atom is 0.137 e. The van der Waals surface area contributed by atoms with Gasteiger partial charge in [0.2, 0.25) is 0 Å². The highest BCUT2D eigenvalue weighted by Gasteiger charge is 2.34. The van der Waals surface area contributed by atoms with Gasteiger partial charge in [-0.1, -0.05) is 176 Å². The van der Waals surface area contributed by atoms with E-state index in [-0.39, 0.29) is 27.1 Å². The summed E-state index contributed by atoms with van der Waals surface area (Å²) in [5.74, 6) is 2.45. The second-order valence-corrected chi connectivity index (χ2v) is 24.8. The van der Waals surface area contributed by atoms with E-state index < -0.39 is 0 Å². The topological polar surface area (TPSA) is 33.5 Å². The maximum absolute atomic E-state index is 7.13. The molecule has 0 bridgehead atoms. The molecule has 7 aromatic carbocycles. The van der Waals surface area contributed by atoms with Crippen LogP contribution in [0, 0.1) is 0 Å². The third-order valence-corrected chi connectivity index (χ3v) is 15.0. The summed E-state index contributed by atoms with van der Waals surface area (Å²) in [7, 11) is 0. The van der Waals surface area contributed by atoms with Crippen LogP contribution in [-0.2, 0) is 27.1 Å². The second-order valence-electron chi connectivity index (χ2n) is 24.8. The summed E-state index contributed by atoms with van der Waals surface area (Å²) in [6, 6.07) is 60.5. The number of anilines is 4. The SMILES string of the molecule is CC(C)(C)c1cc(Oc2ccc3c4cc(-c5ccccc5)ccc4n(-c4cc(C(C)(C)C)ccn4)c3c2)cc(N2CN(c3cc(C(C)(C)C)cc(C(C)(C)C)c3)c3cc(C(C)(C)c4ccccc4)ccc32)c1. The van der Waals surface area contributed by atoms with Gasteiger partial charge in [-0.05, 0) is 139 Å². The van der Waals surface area contributed by atoms with E-state index in [0.29, 0.717) is 6.67 Å². The van der Waals surface area contributed by atoms with E-state index in [2.05, 4.69) is 275 Å². The minimum Gasteiger partial charge on any atom is -0.457 e. The number of hydrogen-bond donors (Lipinski definition) is 0. The molecule has 0 atom stereocenters. The standard InChI is InChI=1S/C67H72N4O/c1-63(2,3)47-31-32-68-62(40-47)71-58-29-25-45(44-21-17-15-18-22-44)33-57(58)56-28-27-54(42-60(56)71)72-55-38-51(66(10,11)12)37-53(41-55)69-43-70(52-35-49(64(4,5)6)34-50(36-52)65(7,8)9)61-39-48(26-30-59(61)69)67(13,14)46-23-19-16-20-24-46/h15-42H,43H2,1-14H3. The lowest BCUT2D eigenvalue weighted by atomic mass is 9.78. The first-order chi connectivity index (χ1) is 33.9. The number of benzene rings is 7. The van der Waals surface area contributed by atoms with Gasteiger partial charge in [-0.15, -0.1) is 0 Å². The number of hydrogen-bond acceptors (Lipinski definition) is 4. The van der Waals surface area contributed by atoms with Crippen molar-refractivity contribution in [2.45, 2.75) is 124 Å². The van der Waals surface area contributed by atoms with E-state index in [1.165, 1.54) is 67.0 Å². The van der Waals surface area contributed by atoms with Crippen molar-refractivity contribution in [2.75, 3.05) is 16.5 Å². The molecule has 0 amide bonds. The van der Waals surface area contributed by atoms with Crippen LogP contribution in [0.2, 0.25) is 0 Å². The molecule has 0 spiro atoms. The molecule has 9 aromatic rings. The highest BCUT2D eigenvalue weighted by Crippen LogP contribution is 2.50. The van der Waals surface area contributed by atoms with Crippen LogP contribution in [-0.4, -0.2) is 16.2 Å². The van der Waals surface area contributed by atoms with Gasteiger partial charge in [0.1, 0.15) is 24.0 Å². The van der Waals surface area contributed by atoms with E-state index in [0.717, 1.165) is 39.4 Å². The number of nitrogens with zero attached hydrogens (tertiary/aromatic N) is 4. The zero-order chi connectivity index (χ0) is 51.1. The van der Waals surface area contributed by atoms with Gasteiger partial charge in [0, 0.05) is 45.9 Å². The van der Waals surface area contributed by atoms with Crippen molar-refractivity contribution < 1.29 is 4.74 Å². The lowest BCUT2D eigenvalue weighted by molar-refractivity contribution is 0.479. The van der Waals surface area contributed by atoms with E-state index >= 15 is 0 Å². The molecule has 0 aliphatic carbocycles. The lowest BCUT2D eigenvalue weighted by Gasteiger charge is -2.30. The van der Waals surface area contributed by atoms with Crippen molar-refractivity contribution in [3.63, 3.8) is 0 Å². The molecule has 5 nitrogen and oxygen atoms in total. The third kappa shape index (κ3) is 9.19. The Balaban J connectivity index is 1.11. The summed E-state index contributed by atoms with van der Waals surface area (Å²) in [4.78, 5) is 10.0. The Morgan fingerprint density at radius 1 is 0.389 bits per heavy atom. The molecule has 1 aliphatic rings. The predicted octanol–water partition coefficient (Wildman–Crippen LogP) is 18.4. The predicted molar refractivity (Wildman–Crippen MR) is 306 cm³/mol. The molecule has 0 saturated carbocycles. The monoisotopic (exact) mass is 949 g/mol. The van der Waals surface area contributed by atoms with Crippen LogP contribution in [0.3, 0.4) is 0 Å². The Morgan fingerprint density at radius 2 is 0.986 bits per heavy atom. The Kier molecular flexibility index (Phi) is 11.8. The van der Waals surface area contributed by atoms with Crippen molar-refractivity contribution in [3.8, 4) is 28.4 Å². The summed E-state index contributed by atoms with van der Waals surface area (Å²) in [6.07, 6.45) is 1.94. The van der Waals surface area contributed by atoms with E-state index in [1.807, 2.05) is 6.20 Å². The van der Waals surface area contributed by atoms with Gasteiger partial charge < -0.3 is 14.5 Å². The molecule has 5 heteroatoms. The molecule has 10 rings (SSSR count). The van der Waals surface area contributed by atoms with Crippen molar-refractivity contribution in [2.24, 2.45) is 0 Å². The first-order valence-electron chi connectivity index (χ1n) is 25.8. The zero-order valence-electron chi connectivity index (χ0n) is 45.1. The second kappa shape index (κ2) is 17.6. The first kappa shape index (κ1) is 48.5. The molecule has 1 aliphatic heterocycles. The summed E-state index contributed by atoms with van der Waals surface area (Å²) < 4.78 is 9.43. The van der Waals surface area contributed by atoms with Crippen LogP contribution in [0.15, 0.2) is 170 Å². The minimum absolute atomic E-state index is 0.0296. The minimum atomic E-state index is -0.213. The Morgan fingerprint density at radius 3 is 1.62 bits per heavy atom. The van der Waals surface area contributed by atoms with Crippen LogP contribution in [0.5, 0.6) is 11.5 Å². The van der Waals surface area contributed by atoms with Gasteiger partial charge in [-0.3, -0.25) is 4.57 Å². The van der Waals surface area contributed by atoms with Gasteiger partial charge in [0.05, 0.1) is 22.4 Å². The average Bonchev–Trinajstić information content (AvgIpc) is 3.88. The maximum atomic E-state index is 7.13. The molecule has 3 heterocycles. The van der Waals surface area contributed by atoms with Crippen LogP contribution in [0.1, 0.15) is 130 Å². The number of rotatable bonds is 8. The molecule has 72 heavy (non-hydrogen) atoms. The molecule has 0 saturated heterocycles. The Hall–Kier alpha value is -7.11. The molecule has 0 radical (unpaired) electrons. The van der Waals surface area contributed by atoms with Gasteiger partial charge in [0.15, 0.2) is 0 Å². The van der Waals surface area contributed by atoms with E-state index in [4.69, 9.17) is 9.72 Å². The summed E-state index contributed by atoms with van der Waals surface area (Å²) >= 11 is 0. The fourth-order valence-electron chi connectivity index (χ4n) is 10.2. The van der Waals surface area contributed by atoms with Gasteiger partial charge in [-0.2, -0.15) is 0 Å².